The highest BCUT2D eigenvalue weighted by Crippen LogP contribution is 2.30. The first kappa shape index (κ1) is 15.4. The van der Waals surface area contributed by atoms with E-state index in [4.69, 9.17) is 11.6 Å². The standard InChI is InChI=1S/C17H20ClNS/c1-3-11-19-13(2)14-7-9-16(10-8-14)20-17-6-4-5-15(18)12-17/h4-10,12-13,19H,3,11H2,1-2H3. The van der Waals surface area contributed by atoms with Crippen LogP contribution in [-0.2, 0) is 0 Å². The molecule has 0 amide bonds. The Morgan fingerprint density at radius 1 is 1.10 bits per heavy atom. The Bertz CT molecular complexity index is 539. The third-order valence-corrected chi connectivity index (χ3v) is 4.35. The van der Waals surface area contributed by atoms with E-state index >= 15 is 0 Å². The molecule has 0 fully saturated rings. The van der Waals surface area contributed by atoms with Crippen LogP contribution in [0.15, 0.2) is 58.3 Å². The molecule has 1 N–H and O–H groups in total. The molecule has 2 aromatic carbocycles. The van der Waals surface area contributed by atoms with Gasteiger partial charge in [0.15, 0.2) is 0 Å². The summed E-state index contributed by atoms with van der Waals surface area (Å²) < 4.78 is 0. The molecule has 1 unspecified atom stereocenters. The zero-order valence-corrected chi connectivity index (χ0v) is 13.5. The molecule has 0 heterocycles. The van der Waals surface area contributed by atoms with Crippen LogP contribution in [0, 0.1) is 0 Å². The van der Waals surface area contributed by atoms with Crippen molar-refractivity contribution in [3.8, 4) is 0 Å². The van der Waals surface area contributed by atoms with Gasteiger partial charge in [-0.3, -0.25) is 0 Å². The summed E-state index contributed by atoms with van der Waals surface area (Å²) in [5, 5.41) is 4.28. The van der Waals surface area contributed by atoms with Gasteiger partial charge >= 0.3 is 0 Å². The lowest BCUT2D eigenvalue weighted by atomic mass is 10.1. The summed E-state index contributed by atoms with van der Waals surface area (Å²) in [6, 6.07) is 17.1. The van der Waals surface area contributed by atoms with E-state index in [1.54, 1.807) is 11.8 Å². The fraction of sp³-hybridized carbons (Fsp3) is 0.294. The van der Waals surface area contributed by atoms with Crippen LogP contribution in [0.2, 0.25) is 5.02 Å². The summed E-state index contributed by atoms with van der Waals surface area (Å²) in [6.07, 6.45) is 1.16. The first-order chi connectivity index (χ1) is 9.69. The zero-order valence-electron chi connectivity index (χ0n) is 11.9. The van der Waals surface area contributed by atoms with E-state index in [0.29, 0.717) is 6.04 Å². The topological polar surface area (TPSA) is 12.0 Å². The van der Waals surface area contributed by atoms with Gasteiger partial charge in [-0.2, -0.15) is 0 Å². The summed E-state index contributed by atoms with van der Waals surface area (Å²) >= 11 is 7.74. The number of nitrogens with one attached hydrogen (secondary N) is 1. The molecule has 2 aromatic rings. The number of benzene rings is 2. The van der Waals surface area contributed by atoms with Crippen LogP contribution in [0.4, 0.5) is 0 Å². The van der Waals surface area contributed by atoms with Gasteiger partial charge in [-0.15, -0.1) is 0 Å². The molecule has 3 heteroatoms. The fourth-order valence-corrected chi connectivity index (χ4v) is 3.10. The minimum Gasteiger partial charge on any atom is -0.310 e. The number of rotatable bonds is 6. The zero-order chi connectivity index (χ0) is 14.4. The Balaban J connectivity index is 2.01. The van der Waals surface area contributed by atoms with Crippen molar-refractivity contribution in [2.24, 2.45) is 0 Å². The normalized spacial score (nSPS) is 12.3. The highest BCUT2D eigenvalue weighted by Gasteiger charge is 2.04. The maximum absolute atomic E-state index is 6.00. The summed E-state index contributed by atoms with van der Waals surface area (Å²) in [5.74, 6) is 0. The summed E-state index contributed by atoms with van der Waals surface area (Å²) in [7, 11) is 0. The smallest absolute Gasteiger partial charge is 0.0417 e. The van der Waals surface area contributed by atoms with Crippen LogP contribution in [0.1, 0.15) is 31.9 Å². The molecule has 1 atom stereocenters. The van der Waals surface area contributed by atoms with Gasteiger partial charge in [0.25, 0.3) is 0 Å². The van der Waals surface area contributed by atoms with E-state index in [9.17, 15) is 0 Å². The molecule has 0 aliphatic carbocycles. The maximum Gasteiger partial charge on any atom is 0.0417 e. The van der Waals surface area contributed by atoms with Gasteiger partial charge in [0.1, 0.15) is 0 Å². The molecule has 2 rings (SSSR count). The van der Waals surface area contributed by atoms with Gasteiger partial charge in [0.05, 0.1) is 0 Å². The molecule has 0 radical (unpaired) electrons. The predicted octanol–water partition coefficient (Wildman–Crippen LogP) is 5.55. The predicted molar refractivity (Wildman–Crippen MR) is 88.7 cm³/mol. The first-order valence-electron chi connectivity index (χ1n) is 6.96. The lowest BCUT2D eigenvalue weighted by Gasteiger charge is -2.14. The van der Waals surface area contributed by atoms with Crippen molar-refractivity contribution in [3.63, 3.8) is 0 Å². The Kier molecular flexibility index (Phi) is 5.96. The van der Waals surface area contributed by atoms with E-state index in [-0.39, 0.29) is 0 Å². The first-order valence-corrected chi connectivity index (χ1v) is 8.15. The highest BCUT2D eigenvalue weighted by molar-refractivity contribution is 7.99. The third-order valence-electron chi connectivity index (χ3n) is 3.11. The van der Waals surface area contributed by atoms with Gasteiger partial charge < -0.3 is 5.32 Å². The van der Waals surface area contributed by atoms with Crippen molar-refractivity contribution in [3.05, 3.63) is 59.1 Å². The Labute approximate surface area is 130 Å². The summed E-state index contributed by atoms with van der Waals surface area (Å²) in [6.45, 7) is 5.44. The fourth-order valence-electron chi connectivity index (χ4n) is 1.97. The molecule has 0 saturated heterocycles. The Hall–Kier alpha value is -0.960. The van der Waals surface area contributed by atoms with E-state index < -0.39 is 0 Å². The van der Waals surface area contributed by atoms with Gasteiger partial charge in [0, 0.05) is 20.9 Å². The maximum atomic E-state index is 6.00. The van der Waals surface area contributed by atoms with E-state index in [1.807, 2.05) is 18.2 Å². The number of hydrogen-bond acceptors (Lipinski definition) is 2. The largest absolute Gasteiger partial charge is 0.310 e. The lowest BCUT2D eigenvalue weighted by molar-refractivity contribution is 0.570. The van der Waals surface area contributed by atoms with Crippen LogP contribution < -0.4 is 5.32 Å². The quantitative estimate of drug-likeness (QED) is 0.750. The third kappa shape index (κ3) is 4.55. The monoisotopic (exact) mass is 305 g/mol. The van der Waals surface area contributed by atoms with Crippen LogP contribution >= 0.6 is 23.4 Å². The van der Waals surface area contributed by atoms with Crippen LogP contribution in [0.3, 0.4) is 0 Å². The summed E-state index contributed by atoms with van der Waals surface area (Å²) in [5.41, 5.74) is 1.33. The van der Waals surface area contributed by atoms with Crippen molar-refractivity contribution in [1.82, 2.24) is 5.32 Å². The molecule has 0 aliphatic heterocycles. The van der Waals surface area contributed by atoms with Gasteiger partial charge in [-0.1, -0.05) is 48.5 Å². The SMILES string of the molecule is CCCNC(C)c1ccc(Sc2cccc(Cl)c2)cc1. The van der Waals surface area contributed by atoms with E-state index in [2.05, 4.69) is 49.5 Å². The average molecular weight is 306 g/mol. The second kappa shape index (κ2) is 7.72. The van der Waals surface area contributed by atoms with Crippen molar-refractivity contribution in [2.45, 2.75) is 36.1 Å². The van der Waals surface area contributed by atoms with Gasteiger partial charge in [-0.25, -0.2) is 0 Å². The van der Waals surface area contributed by atoms with Crippen molar-refractivity contribution < 1.29 is 0 Å². The lowest BCUT2D eigenvalue weighted by Crippen LogP contribution is -2.19. The summed E-state index contributed by atoms with van der Waals surface area (Å²) in [4.78, 5) is 2.40. The molecule has 1 nitrogen and oxygen atoms in total. The number of halogens is 1. The Morgan fingerprint density at radius 3 is 2.50 bits per heavy atom. The molecule has 0 saturated carbocycles. The molecule has 0 spiro atoms. The molecule has 106 valence electrons. The minimum atomic E-state index is 0.403. The molecule has 0 aliphatic rings. The second-order valence-corrected chi connectivity index (χ2v) is 6.39. The molecule has 0 bridgehead atoms. The molecule has 0 aromatic heterocycles. The van der Waals surface area contributed by atoms with E-state index in [0.717, 1.165) is 18.0 Å². The minimum absolute atomic E-state index is 0.403. The highest BCUT2D eigenvalue weighted by atomic mass is 35.5. The van der Waals surface area contributed by atoms with Crippen molar-refractivity contribution in [1.29, 1.82) is 0 Å². The van der Waals surface area contributed by atoms with Crippen molar-refractivity contribution >= 4 is 23.4 Å². The average Bonchev–Trinajstić information content (AvgIpc) is 2.45. The van der Waals surface area contributed by atoms with Crippen LogP contribution in [0.25, 0.3) is 0 Å². The number of hydrogen-bond donors (Lipinski definition) is 1. The van der Waals surface area contributed by atoms with Gasteiger partial charge in [-0.05, 0) is 55.8 Å². The Morgan fingerprint density at radius 2 is 1.85 bits per heavy atom. The molecular weight excluding hydrogens is 286 g/mol. The van der Waals surface area contributed by atoms with E-state index in [1.165, 1.54) is 15.4 Å². The molecular formula is C17H20ClNS. The molecule has 20 heavy (non-hydrogen) atoms. The van der Waals surface area contributed by atoms with Crippen LogP contribution in [-0.4, -0.2) is 6.54 Å². The van der Waals surface area contributed by atoms with Crippen LogP contribution in [0.5, 0.6) is 0 Å². The van der Waals surface area contributed by atoms with Gasteiger partial charge in [0.2, 0.25) is 0 Å². The van der Waals surface area contributed by atoms with Crippen molar-refractivity contribution in [2.75, 3.05) is 6.54 Å². The second-order valence-electron chi connectivity index (χ2n) is 4.80.